The van der Waals surface area contributed by atoms with Crippen LogP contribution in [0.15, 0.2) is 12.3 Å². The Bertz CT molecular complexity index is 347. The quantitative estimate of drug-likeness (QED) is 0.903. The molecule has 3 nitrogen and oxygen atoms in total. The number of aromatic nitrogens is 2. The zero-order valence-corrected chi connectivity index (χ0v) is 12.3. The average Bonchev–Trinajstić information content (AvgIpc) is 2.82. The Labute approximate surface area is 117 Å². The number of piperidine rings is 1. The molecule has 1 aromatic rings. The van der Waals surface area contributed by atoms with Crippen LogP contribution in [-0.4, -0.2) is 57.2 Å². The van der Waals surface area contributed by atoms with Crippen LogP contribution in [0.5, 0.6) is 0 Å². The normalized spacial score (nSPS) is 28.1. The zero-order valence-electron chi connectivity index (χ0n) is 10.7. The molecule has 0 spiro atoms. The van der Waals surface area contributed by atoms with Crippen molar-refractivity contribution in [3.8, 4) is 0 Å². The van der Waals surface area contributed by atoms with E-state index in [1.807, 2.05) is 6.20 Å². The SMILES string of the molecule is c1cc([C@@H]2CCCN(C3CSCCSC3)C2)[nH]n1. The van der Waals surface area contributed by atoms with Gasteiger partial charge in [0, 0.05) is 53.4 Å². The highest BCUT2D eigenvalue weighted by Gasteiger charge is 2.27. The molecule has 1 aromatic heterocycles. The molecule has 0 unspecified atom stereocenters. The maximum atomic E-state index is 4.10. The smallest absolute Gasteiger partial charge is 0.0490 e. The molecule has 18 heavy (non-hydrogen) atoms. The highest BCUT2D eigenvalue weighted by atomic mass is 32.2. The minimum atomic E-state index is 0.666. The Morgan fingerprint density at radius 2 is 2.11 bits per heavy atom. The van der Waals surface area contributed by atoms with E-state index in [0.717, 1.165) is 6.04 Å². The third-order valence-electron chi connectivity index (χ3n) is 3.92. The number of nitrogens with one attached hydrogen (secondary N) is 1. The standard InChI is InChI=1S/C13H21N3S2/c1-2-11(13-3-4-14-15-13)8-16(5-1)12-9-17-6-7-18-10-12/h3-4,11-12H,1-2,5-10H2,(H,14,15)/t11-/m1/s1. The average molecular weight is 283 g/mol. The van der Waals surface area contributed by atoms with E-state index < -0.39 is 0 Å². The Hall–Kier alpha value is -0.130. The first-order valence-corrected chi connectivity index (χ1v) is 9.13. The summed E-state index contributed by atoms with van der Waals surface area (Å²) in [5, 5.41) is 7.25. The number of nitrogens with zero attached hydrogens (tertiary/aromatic N) is 2. The fourth-order valence-corrected chi connectivity index (χ4v) is 5.53. The number of hydrogen-bond acceptors (Lipinski definition) is 4. The lowest BCUT2D eigenvalue weighted by molar-refractivity contribution is 0.171. The number of thioether (sulfide) groups is 2. The minimum Gasteiger partial charge on any atom is -0.298 e. The van der Waals surface area contributed by atoms with Gasteiger partial charge < -0.3 is 0 Å². The molecule has 0 bridgehead atoms. The molecule has 2 aliphatic heterocycles. The van der Waals surface area contributed by atoms with Crippen LogP contribution in [0.1, 0.15) is 24.5 Å². The Balaban J connectivity index is 1.62. The lowest BCUT2D eigenvalue weighted by Gasteiger charge is -2.37. The monoisotopic (exact) mass is 283 g/mol. The van der Waals surface area contributed by atoms with Gasteiger partial charge in [-0.05, 0) is 25.5 Å². The number of H-pyrrole nitrogens is 1. The van der Waals surface area contributed by atoms with E-state index >= 15 is 0 Å². The fraction of sp³-hybridized carbons (Fsp3) is 0.769. The van der Waals surface area contributed by atoms with Crippen molar-refractivity contribution >= 4 is 23.5 Å². The van der Waals surface area contributed by atoms with Crippen molar-refractivity contribution in [2.45, 2.75) is 24.8 Å². The van der Waals surface area contributed by atoms with Crippen molar-refractivity contribution < 1.29 is 0 Å². The van der Waals surface area contributed by atoms with E-state index in [4.69, 9.17) is 0 Å². The summed E-state index contributed by atoms with van der Waals surface area (Å²) in [4.78, 5) is 2.72. The maximum Gasteiger partial charge on any atom is 0.0490 e. The van der Waals surface area contributed by atoms with E-state index in [9.17, 15) is 0 Å². The van der Waals surface area contributed by atoms with Crippen molar-refractivity contribution in [3.05, 3.63) is 18.0 Å². The van der Waals surface area contributed by atoms with Crippen molar-refractivity contribution in [2.75, 3.05) is 36.1 Å². The van der Waals surface area contributed by atoms with Gasteiger partial charge in [-0.15, -0.1) is 0 Å². The Kier molecular flexibility index (Phi) is 4.54. The van der Waals surface area contributed by atoms with Gasteiger partial charge in [0.2, 0.25) is 0 Å². The van der Waals surface area contributed by atoms with Gasteiger partial charge in [-0.1, -0.05) is 0 Å². The molecule has 0 radical (unpaired) electrons. The van der Waals surface area contributed by atoms with Crippen LogP contribution in [-0.2, 0) is 0 Å². The molecule has 2 fully saturated rings. The molecule has 0 aromatic carbocycles. The highest BCUT2D eigenvalue weighted by molar-refractivity contribution is 8.03. The predicted molar refractivity (Wildman–Crippen MR) is 80.6 cm³/mol. The first-order valence-electron chi connectivity index (χ1n) is 6.82. The van der Waals surface area contributed by atoms with E-state index in [1.54, 1.807) is 0 Å². The van der Waals surface area contributed by atoms with E-state index in [-0.39, 0.29) is 0 Å². The third kappa shape index (κ3) is 3.06. The largest absolute Gasteiger partial charge is 0.298 e. The number of aromatic amines is 1. The van der Waals surface area contributed by atoms with Crippen molar-refractivity contribution in [2.24, 2.45) is 0 Å². The molecule has 3 heterocycles. The summed E-state index contributed by atoms with van der Waals surface area (Å²) in [6.07, 6.45) is 4.52. The van der Waals surface area contributed by atoms with Crippen LogP contribution in [0, 0.1) is 0 Å². The van der Waals surface area contributed by atoms with Crippen LogP contribution >= 0.6 is 23.5 Å². The van der Waals surface area contributed by atoms with Gasteiger partial charge >= 0.3 is 0 Å². The second kappa shape index (κ2) is 6.35. The molecular weight excluding hydrogens is 262 g/mol. The van der Waals surface area contributed by atoms with Gasteiger partial charge in [-0.3, -0.25) is 10.00 Å². The van der Waals surface area contributed by atoms with Gasteiger partial charge in [-0.2, -0.15) is 28.6 Å². The van der Waals surface area contributed by atoms with E-state index in [2.05, 4.69) is 44.7 Å². The molecule has 1 N–H and O–H groups in total. The molecule has 0 amide bonds. The summed E-state index contributed by atoms with van der Waals surface area (Å²) in [5.74, 6) is 5.98. The third-order valence-corrected chi connectivity index (χ3v) is 6.41. The first kappa shape index (κ1) is 12.9. The minimum absolute atomic E-state index is 0.666. The number of likely N-dealkylation sites (tertiary alicyclic amines) is 1. The molecule has 1 atom stereocenters. The van der Waals surface area contributed by atoms with Gasteiger partial charge in [0.25, 0.3) is 0 Å². The van der Waals surface area contributed by atoms with Crippen molar-refractivity contribution in [1.82, 2.24) is 15.1 Å². The summed E-state index contributed by atoms with van der Waals surface area (Å²) in [7, 11) is 0. The zero-order chi connectivity index (χ0) is 12.2. The summed E-state index contributed by atoms with van der Waals surface area (Å²) < 4.78 is 0. The highest BCUT2D eigenvalue weighted by Crippen LogP contribution is 2.29. The second-order valence-corrected chi connectivity index (χ2v) is 7.45. The number of rotatable bonds is 2. The van der Waals surface area contributed by atoms with Crippen LogP contribution in [0.3, 0.4) is 0 Å². The van der Waals surface area contributed by atoms with Gasteiger partial charge in [0.15, 0.2) is 0 Å². The Morgan fingerprint density at radius 1 is 1.28 bits per heavy atom. The fourth-order valence-electron chi connectivity index (χ4n) is 2.90. The molecule has 0 aliphatic carbocycles. The van der Waals surface area contributed by atoms with Crippen LogP contribution in [0.25, 0.3) is 0 Å². The van der Waals surface area contributed by atoms with Crippen molar-refractivity contribution in [1.29, 1.82) is 0 Å². The molecule has 0 saturated carbocycles. The van der Waals surface area contributed by atoms with Gasteiger partial charge in [0.05, 0.1) is 0 Å². The predicted octanol–water partition coefficient (Wildman–Crippen LogP) is 2.44. The molecule has 100 valence electrons. The lowest BCUT2D eigenvalue weighted by Crippen LogP contribution is -2.44. The lowest BCUT2D eigenvalue weighted by atomic mass is 9.94. The number of hydrogen-bond donors (Lipinski definition) is 1. The van der Waals surface area contributed by atoms with Gasteiger partial charge in [0.1, 0.15) is 0 Å². The molecule has 5 heteroatoms. The van der Waals surface area contributed by atoms with Crippen molar-refractivity contribution in [3.63, 3.8) is 0 Å². The van der Waals surface area contributed by atoms with E-state index in [1.165, 1.54) is 54.6 Å². The van der Waals surface area contributed by atoms with E-state index in [0.29, 0.717) is 5.92 Å². The van der Waals surface area contributed by atoms with Crippen LogP contribution in [0.2, 0.25) is 0 Å². The van der Waals surface area contributed by atoms with Gasteiger partial charge in [-0.25, -0.2) is 0 Å². The first-order chi connectivity index (χ1) is 8.93. The summed E-state index contributed by atoms with van der Waals surface area (Å²) in [6, 6.07) is 2.93. The second-order valence-electron chi connectivity index (χ2n) is 5.15. The Morgan fingerprint density at radius 3 is 2.83 bits per heavy atom. The maximum absolute atomic E-state index is 4.10. The topological polar surface area (TPSA) is 31.9 Å². The van der Waals surface area contributed by atoms with Crippen LogP contribution < -0.4 is 0 Å². The summed E-state index contributed by atoms with van der Waals surface area (Å²) >= 11 is 4.27. The summed E-state index contributed by atoms with van der Waals surface area (Å²) in [5.41, 5.74) is 1.33. The molecule has 2 aliphatic rings. The summed E-state index contributed by atoms with van der Waals surface area (Å²) in [6.45, 7) is 2.50. The molecular formula is C13H21N3S2. The molecule has 2 saturated heterocycles. The van der Waals surface area contributed by atoms with Crippen LogP contribution in [0.4, 0.5) is 0 Å². The molecule has 3 rings (SSSR count).